The van der Waals surface area contributed by atoms with E-state index in [2.05, 4.69) is 40.9 Å². The largest absolute Gasteiger partial charge is 0.488 e. The van der Waals surface area contributed by atoms with Crippen molar-refractivity contribution in [2.45, 2.75) is 11.7 Å². The van der Waals surface area contributed by atoms with E-state index in [1.807, 2.05) is 0 Å². The fourth-order valence-electron chi connectivity index (χ4n) is 1.98. The summed E-state index contributed by atoms with van der Waals surface area (Å²) in [7, 11) is 8.89. The lowest BCUT2D eigenvalue weighted by molar-refractivity contribution is 0.405. The van der Waals surface area contributed by atoms with Gasteiger partial charge in [0.2, 0.25) is 0 Å². The molecule has 0 spiro atoms. The van der Waals surface area contributed by atoms with E-state index in [-0.39, 0.29) is 0 Å². The third-order valence-electron chi connectivity index (χ3n) is 2.89. The van der Waals surface area contributed by atoms with Crippen LogP contribution in [-0.2, 0) is 0 Å². The quantitative estimate of drug-likeness (QED) is 0.603. The fourth-order valence-corrected chi connectivity index (χ4v) is 4.91. The molecule has 0 aromatic carbocycles. The molecule has 0 aliphatic carbocycles. The van der Waals surface area contributed by atoms with Crippen molar-refractivity contribution >= 4 is 14.6 Å². The number of nitrogens with zero attached hydrogens (tertiary/aromatic N) is 3. The molecule has 0 atom stereocenters. The molecule has 1 heterocycles. The summed E-state index contributed by atoms with van der Waals surface area (Å²) in [6, 6.07) is 0. The Kier molecular flexibility index (Phi) is 4.71. The molecule has 0 unspecified atom stereocenters. The molecule has 0 N–H and O–H groups in total. The zero-order valence-electron chi connectivity index (χ0n) is 9.45. The minimum absolute atomic E-state index is 0.688. The van der Waals surface area contributed by atoms with Crippen molar-refractivity contribution in [1.29, 1.82) is 0 Å². The lowest BCUT2D eigenvalue weighted by Gasteiger charge is -2.19. The van der Waals surface area contributed by atoms with Crippen molar-refractivity contribution < 1.29 is 0 Å². The average molecular weight is 199 g/mol. The molecule has 0 bridgehead atoms. The summed E-state index contributed by atoms with van der Waals surface area (Å²) < 4.78 is 5.19. The third-order valence-corrected chi connectivity index (χ3v) is 6.37. The number of likely N-dealkylation sites (N-methyl/N-ethyl adjacent to an activating group) is 2. The van der Waals surface area contributed by atoms with E-state index in [1.54, 1.807) is 0 Å². The van der Waals surface area contributed by atoms with Gasteiger partial charge in [0.15, 0.2) is 0 Å². The Labute approximate surface area is 87.1 Å². The molecule has 0 saturated carbocycles. The lowest BCUT2D eigenvalue weighted by atomic mass is 10.5. The molecule has 13 heavy (non-hydrogen) atoms. The van der Waals surface area contributed by atoms with E-state index in [0.29, 0.717) is 0 Å². The van der Waals surface area contributed by atoms with Crippen LogP contribution in [0.15, 0.2) is 0 Å². The molecule has 76 valence electrons. The molecule has 0 radical (unpaired) electrons. The summed E-state index contributed by atoms with van der Waals surface area (Å²) in [6.45, 7) is 3.82. The van der Waals surface area contributed by atoms with Gasteiger partial charge in [-0.05, 0) is 54.2 Å². The van der Waals surface area contributed by atoms with Crippen LogP contribution in [0.5, 0.6) is 0 Å². The maximum absolute atomic E-state index is 2.59. The van der Waals surface area contributed by atoms with Gasteiger partial charge < -0.3 is 12.7 Å². The van der Waals surface area contributed by atoms with Crippen molar-refractivity contribution in [2.24, 2.45) is 0 Å². The number of rotatable bonds is 4. The topological polar surface area (TPSA) is 9.72 Å². The summed E-state index contributed by atoms with van der Waals surface area (Å²) in [5.41, 5.74) is 0. The predicted octanol–water partition coefficient (Wildman–Crippen LogP) is 0.304. The molecule has 0 amide bonds. The Balaban J connectivity index is 2.19. The summed E-state index contributed by atoms with van der Waals surface area (Å²) in [6.07, 6.45) is 1.36. The van der Waals surface area contributed by atoms with Crippen molar-refractivity contribution in [2.75, 3.05) is 47.8 Å². The van der Waals surface area contributed by atoms with Gasteiger partial charge in [0.25, 0.3) is 0 Å². The van der Waals surface area contributed by atoms with Gasteiger partial charge in [0, 0.05) is 0 Å². The Bertz CT molecular complexity index is 142. The number of hydrogen-bond donors (Lipinski definition) is 0. The van der Waals surface area contributed by atoms with Gasteiger partial charge in [-0.25, -0.2) is 0 Å². The second-order valence-electron chi connectivity index (χ2n) is 4.39. The smallest absolute Gasteiger partial charge is 0.373 e. The highest BCUT2D eigenvalue weighted by Crippen LogP contribution is 2.11. The molecule has 0 aromatic heterocycles. The van der Waals surface area contributed by atoms with E-state index in [9.17, 15) is 0 Å². The summed E-state index contributed by atoms with van der Waals surface area (Å²) in [4.78, 5) is 2.28. The van der Waals surface area contributed by atoms with Crippen LogP contribution in [0.2, 0.25) is 5.28 Å². The van der Waals surface area contributed by atoms with Crippen molar-refractivity contribution in [3.05, 3.63) is 0 Å². The standard InChI is InChI=1S/C5H12N.C4H10N2.Al/c1-4-5-6(2)3;1-5-3-4-6-2;/h1,4-5H2,2-3H3;3-4H2,1-2H3;/q;-2;+2. The SMILES string of the molecule is CN(C)CC[CH2][Al]1[N](C)CC[N]1C. The zero-order chi connectivity index (χ0) is 9.84. The first kappa shape index (κ1) is 11.5. The Morgan fingerprint density at radius 2 is 1.69 bits per heavy atom. The molecule has 4 heteroatoms. The second-order valence-corrected chi connectivity index (χ2v) is 7.69. The van der Waals surface area contributed by atoms with Crippen LogP contribution in [-0.4, -0.2) is 75.1 Å². The first-order valence-corrected chi connectivity index (χ1v) is 7.01. The van der Waals surface area contributed by atoms with Crippen molar-refractivity contribution in [3.8, 4) is 0 Å². The molecule has 1 aliphatic heterocycles. The highest BCUT2D eigenvalue weighted by molar-refractivity contribution is 6.53. The maximum Gasteiger partial charge on any atom is 0.488 e. The number of hydrogen-bond acceptors (Lipinski definition) is 3. The second kappa shape index (κ2) is 5.33. The normalized spacial score (nSPS) is 20.5. The van der Waals surface area contributed by atoms with Crippen LogP contribution in [0.4, 0.5) is 0 Å². The van der Waals surface area contributed by atoms with Gasteiger partial charge in [-0.1, -0.05) is 5.28 Å². The van der Waals surface area contributed by atoms with E-state index in [0.717, 1.165) is 0 Å². The van der Waals surface area contributed by atoms with Crippen LogP contribution in [0.3, 0.4) is 0 Å². The fraction of sp³-hybridized carbons (Fsp3) is 1.00. The first-order chi connectivity index (χ1) is 6.11. The summed E-state index contributed by atoms with van der Waals surface area (Å²) >= 11 is -0.688. The molecule has 0 aromatic rings. The molecule has 1 rings (SSSR count). The monoisotopic (exact) mass is 199 g/mol. The predicted molar refractivity (Wildman–Crippen MR) is 59.0 cm³/mol. The van der Waals surface area contributed by atoms with E-state index in [4.69, 9.17) is 0 Å². The van der Waals surface area contributed by atoms with Crippen LogP contribution in [0, 0.1) is 0 Å². The lowest BCUT2D eigenvalue weighted by Crippen LogP contribution is -2.40. The zero-order valence-corrected chi connectivity index (χ0v) is 10.6. The van der Waals surface area contributed by atoms with Gasteiger partial charge in [-0.2, -0.15) is 0 Å². The Morgan fingerprint density at radius 3 is 2.15 bits per heavy atom. The average Bonchev–Trinajstić information content (AvgIpc) is 2.34. The Morgan fingerprint density at radius 1 is 1.15 bits per heavy atom. The first-order valence-electron chi connectivity index (χ1n) is 5.16. The molecular weight excluding hydrogens is 177 g/mol. The van der Waals surface area contributed by atoms with Crippen LogP contribution < -0.4 is 0 Å². The van der Waals surface area contributed by atoms with Crippen molar-refractivity contribution in [3.63, 3.8) is 0 Å². The van der Waals surface area contributed by atoms with E-state index in [1.165, 1.54) is 31.3 Å². The van der Waals surface area contributed by atoms with Gasteiger partial charge in [-0.3, -0.25) is 0 Å². The summed E-state index contributed by atoms with van der Waals surface area (Å²) in [5, 5.41) is 1.44. The van der Waals surface area contributed by atoms with Crippen LogP contribution in [0.1, 0.15) is 6.42 Å². The van der Waals surface area contributed by atoms with Crippen molar-refractivity contribution in [1.82, 2.24) is 12.7 Å². The maximum atomic E-state index is 2.59. The minimum Gasteiger partial charge on any atom is -0.373 e. The minimum atomic E-state index is -0.688. The van der Waals surface area contributed by atoms with Gasteiger partial charge >= 0.3 is 14.6 Å². The molecule has 1 aliphatic rings. The van der Waals surface area contributed by atoms with E-state index < -0.39 is 14.6 Å². The Hall–Kier alpha value is 0.412. The third kappa shape index (κ3) is 3.57. The van der Waals surface area contributed by atoms with Crippen LogP contribution >= 0.6 is 0 Å². The highest BCUT2D eigenvalue weighted by Gasteiger charge is 2.34. The van der Waals surface area contributed by atoms with Gasteiger partial charge in [-0.15, -0.1) is 0 Å². The summed E-state index contributed by atoms with van der Waals surface area (Å²) in [5.74, 6) is 0. The van der Waals surface area contributed by atoms with Crippen LogP contribution in [0.25, 0.3) is 0 Å². The molecule has 3 nitrogen and oxygen atoms in total. The molecule has 1 fully saturated rings. The van der Waals surface area contributed by atoms with Gasteiger partial charge in [0.1, 0.15) is 0 Å². The molecular formula is C9H22AlN3. The highest BCUT2D eigenvalue weighted by atomic mass is 27.2. The van der Waals surface area contributed by atoms with E-state index >= 15 is 0 Å². The van der Waals surface area contributed by atoms with Gasteiger partial charge in [0.05, 0.1) is 0 Å². The molecule has 1 saturated heterocycles.